The van der Waals surface area contributed by atoms with E-state index in [2.05, 4.69) is 299 Å². The summed E-state index contributed by atoms with van der Waals surface area (Å²) < 4.78 is 5.00. The van der Waals surface area contributed by atoms with Crippen molar-refractivity contribution in [2.24, 2.45) is 0 Å². The second kappa shape index (κ2) is 18.3. The van der Waals surface area contributed by atoms with Crippen molar-refractivity contribution in [1.82, 2.24) is 4.57 Å². The molecule has 0 N–H and O–H groups in total. The lowest BCUT2D eigenvalue weighted by Crippen LogP contribution is -2.14. The van der Waals surface area contributed by atoms with Crippen molar-refractivity contribution in [2.75, 3.05) is 9.80 Å². The molecule has 348 valence electrons. The Labute approximate surface area is 434 Å². The first-order valence-corrected chi connectivity index (χ1v) is 26.1. The predicted octanol–water partition coefficient (Wildman–Crippen LogP) is 20.2. The number of hydrogen-bond acceptors (Lipinski definition) is 3. The highest BCUT2D eigenvalue weighted by molar-refractivity contribution is 7.26. The standard InChI is InChI=1S/C70H47N3S/c1-5-20-48(21-6-1)50-36-40-56(41-37-50)71(57-42-38-51(39-43-57)49-22-7-2-8-23-49)58-44-53(45-59(46-58)72(54-26-9-3-10-27-54)65-34-19-25-52-24-13-14-30-60(52)65)63-47-64-61-31-15-17-33-66(61)73(55-28-11-4-12-29-55)69(64)68-62-32-16-18-35-67(62)74-70(63)68/h1-47H. The zero-order chi connectivity index (χ0) is 49.0. The van der Waals surface area contributed by atoms with E-state index in [1.807, 2.05) is 11.3 Å². The minimum absolute atomic E-state index is 1.04. The van der Waals surface area contributed by atoms with Gasteiger partial charge >= 0.3 is 0 Å². The molecule has 0 aliphatic carbocycles. The molecule has 14 aromatic rings. The second-order valence-electron chi connectivity index (χ2n) is 18.9. The zero-order valence-corrected chi connectivity index (χ0v) is 41.2. The van der Waals surface area contributed by atoms with Gasteiger partial charge in [-0.15, -0.1) is 11.3 Å². The number of aromatic nitrogens is 1. The van der Waals surface area contributed by atoms with Crippen LogP contribution < -0.4 is 9.80 Å². The number of hydrogen-bond donors (Lipinski definition) is 0. The van der Waals surface area contributed by atoms with Gasteiger partial charge in [0.1, 0.15) is 0 Å². The van der Waals surface area contributed by atoms with Crippen LogP contribution in [0.4, 0.5) is 34.1 Å². The van der Waals surface area contributed by atoms with Gasteiger partial charge in [-0.1, -0.05) is 194 Å². The van der Waals surface area contributed by atoms with Gasteiger partial charge < -0.3 is 14.4 Å². The summed E-state index contributed by atoms with van der Waals surface area (Å²) in [4.78, 5) is 4.89. The van der Waals surface area contributed by atoms with Gasteiger partial charge in [-0.05, 0) is 124 Å². The lowest BCUT2D eigenvalue weighted by Gasteiger charge is -2.31. The Morgan fingerprint density at radius 1 is 0.311 bits per heavy atom. The summed E-state index contributed by atoms with van der Waals surface area (Å²) in [6, 6.07) is 104. The molecule has 2 heterocycles. The number of thiophene rings is 1. The van der Waals surface area contributed by atoms with Crippen LogP contribution in [0, 0.1) is 0 Å². The maximum absolute atomic E-state index is 2.48. The molecule has 4 heteroatoms. The van der Waals surface area contributed by atoms with Crippen LogP contribution in [-0.4, -0.2) is 4.57 Å². The fourth-order valence-electron chi connectivity index (χ4n) is 11.1. The van der Waals surface area contributed by atoms with Crippen LogP contribution in [-0.2, 0) is 0 Å². The maximum atomic E-state index is 2.48. The van der Waals surface area contributed by atoms with Crippen molar-refractivity contribution < 1.29 is 0 Å². The molecule has 0 saturated heterocycles. The van der Waals surface area contributed by atoms with Gasteiger partial charge in [0.25, 0.3) is 0 Å². The molecular formula is C70H47N3S. The van der Waals surface area contributed by atoms with Crippen LogP contribution in [0.25, 0.3) is 91.8 Å². The minimum atomic E-state index is 1.04. The fourth-order valence-corrected chi connectivity index (χ4v) is 12.4. The zero-order valence-electron chi connectivity index (χ0n) is 40.4. The second-order valence-corrected chi connectivity index (χ2v) is 19.9. The molecule has 74 heavy (non-hydrogen) atoms. The lowest BCUT2D eigenvalue weighted by atomic mass is 9.96. The Balaban J connectivity index is 1.09. The van der Waals surface area contributed by atoms with Crippen LogP contribution >= 0.6 is 11.3 Å². The Bertz CT molecular complexity index is 4250. The van der Waals surface area contributed by atoms with Crippen LogP contribution in [0.3, 0.4) is 0 Å². The molecule has 0 atom stereocenters. The Morgan fingerprint density at radius 2 is 0.811 bits per heavy atom. The van der Waals surface area contributed by atoms with E-state index >= 15 is 0 Å². The van der Waals surface area contributed by atoms with Crippen LogP contribution in [0.1, 0.15) is 0 Å². The Morgan fingerprint density at radius 3 is 1.47 bits per heavy atom. The topological polar surface area (TPSA) is 11.4 Å². The Kier molecular flexibility index (Phi) is 10.7. The van der Waals surface area contributed by atoms with E-state index in [9.17, 15) is 0 Å². The molecule has 0 radical (unpaired) electrons. The van der Waals surface area contributed by atoms with Gasteiger partial charge in [0.05, 0.1) is 16.7 Å². The molecule has 3 nitrogen and oxygen atoms in total. The van der Waals surface area contributed by atoms with E-state index in [0.717, 1.165) is 45.4 Å². The number of fused-ring (bicyclic) bond motifs is 8. The predicted molar refractivity (Wildman–Crippen MR) is 317 cm³/mol. The van der Waals surface area contributed by atoms with E-state index in [0.29, 0.717) is 0 Å². The summed E-state index contributed by atoms with van der Waals surface area (Å²) in [6.07, 6.45) is 0. The van der Waals surface area contributed by atoms with Crippen LogP contribution in [0.15, 0.2) is 285 Å². The highest BCUT2D eigenvalue weighted by Gasteiger charge is 2.25. The van der Waals surface area contributed by atoms with E-state index < -0.39 is 0 Å². The first kappa shape index (κ1) is 43.3. The first-order chi connectivity index (χ1) is 36.7. The van der Waals surface area contributed by atoms with Crippen molar-refractivity contribution in [3.05, 3.63) is 285 Å². The van der Waals surface area contributed by atoms with Crippen molar-refractivity contribution in [2.45, 2.75) is 0 Å². The van der Waals surface area contributed by atoms with E-state index in [1.165, 1.54) is 80.6 Å². The van der Waals surface area contributed by atoms with Crippen LogP contribution in [0.2, 0.25) is 0 Å². The van der Waals surface area contributed by atoms with Gasteiger partial charge in [0.15, 0.2) is 0 Å². The average molecular weight is 962 g/mol. The van der Waals surface area contributed by atoms with Gasteiger partial charge in [-0.25, -0.2) is 0 Å². The third-order valence-electron chi connectivity index (χ3n) is 14.5. The number of anilines is 6. The molecule has 0 fully saturated rings. The fraction of sp³-hybridized carbons (Fsp3) is 0. The molecular weight excluding hydrogens is 915 g/mol. The summed E-state index contributed by atoms with van der Waals surface area (Å²) in [6.45, 7) is 0. The van der Waals surface area contributed by atoms with Crippen molar-refractivity contribution in [3.8, 4) is 39.1 Å². The smallest absolute Gasteiger partial charge is 0.0634 e. The van der Waals surface area contributed by atoms with Gasteiger partial charge in [-0.2, -0.15) is 0 Å². The molecule has 0 spiro atoms. The molecule has 2 aromatic heterocycles. The Hall–Kier alpha value is -9.48. The quantitative estimate of drug-likeness (QED) is 0.135. The van der Waals surface area contributed by atoms with Crippen molar-refractivity contribution in [1.29, 1.82) is 0 Å². The number of rotatable bonds is 10. The van der Waals surface area contributed by atoms with Gasteiger partial charge in [-0.3, -0.25) is 0 Å². The molecule has 0 aliphatic rings. The van der Waals surface area contributed by atoms with Gasteiger partial charge in [0, 0.05) is 76.0 Å². The lowest BCUT2D eigenvalue weighted by molar-refractivity contribution is 1.19. The number of benzene rings is 12. The molecule has 14 rings (SSSR count). The molecule has 0 amide bonds. The molecule has 0 bridgehead atoms. The summed E-state index contributed by atoms with van der Waals surface area (Å²) >= 11 is 1.89. The first-order valence-electron chi connectivity index (χ1n) is 25.2. The monoisotopic (exact) mass is 961 g/mol. The van der Waals surface area contributed by atoms with Crippen LogP contribution in [0.5, 0.6) is 0 Å². The van der Waals surface area contributed by atoms with Crippen molar-refractivity contribution in [3.63, 3.8) is 0 Å². The third-order valence-corrected chi connectivity index (χ3v) is 15.7. The van der Waals surface area contributed by atoms with E-state index in [4.69, 9.17) is 0 Å². The summed E-state index contributed by atoms with van der Waals surface area (Å²) in [7, 11) is 0. The summed E-state index contributed by atoms with van der Waals surface area (Å²) in [5, 5.41) is 7.34. The highest BCUT2D eigenvalue weighted by Crippen LogP contribution is 2.51. The summed E-state index contributed by atoms with van der Waals surface area (Å²) in [5.74, 6) is 0. The summed E-state index contributed by atoms with van der Waals surface area (Å²) in [5.41, 5.74) is 17.0. The minimum Gasteiger partial charge on any atom is -0.310 e. The molecule has 0 unspecified atom stereocenters. The van der Waals surface area contributed by atoms with Crippen molar-refractivity contribution >= 4 is 98.2 Å². The molecule has 0 saturated carbocycles. The third kappa shape index (κ3) is 7.51. The largest absolute Gasteiger partial charge is 0.310 e. The normalized spacial score (nSPS) is 11.5. The maximum Gasteiger partial charge on any atom is 0.0634 e. The molecule has 0 aliphatic heterocycles. The van der Waals surface area contributed by atoms with E-state index in [1.54, 1.807) is 0 Å². The number of nitrogens with zero attached hydrogens (tertiary/aromatic N) is 3. The SMILES string of the molecule is c1ccc(-c2ccc(N(c3ccc(-c4ccccc4)cc3)c3cc(-c4cc5c6ccccc6n(-c6ccccc6)c5c5c4sc4ccccc45)cc(N(c4ccccc4)c4cccc5ccccc45)c3)cc2)cc1. The highest BCUT2D eigenvalue weighted by atomic mass is 32.1. The molecule has 12 aromatic carbocycles. The van der Waals surface area contributed by atoms with E-state index in [-0.39, 0.29) is 0 Å². The number of para-hydroxylation sites is 3. The average Bonchev–Trinajstić information content (AvgIpc) is 4.08. The van der Waals surface area contributed by atoms with Gasteiger partial charge in [0.2, 0.25) is 0 Å².